The first-order valence-electron chi connectivity index (χ1n) is 8.02. The van der Waals surface area contributed by atoms with Gasteiger partial charge in [-0.15, -0.1) is 0 Å². The second-order valence-corrected chi connectivity index (χ2v) is 5.92. The van der Waals surface area contributed by atoms with Crippen molar-refractivity contribution in [2.45, 2.75) is 19.0 Å². The second kappa shape index (κ2) is 7.69. The minimum atomic E-state index is -4.88. The Morgan fingerprint density at radius 2 is 1.59 bits per heavy atom. The molecule has 0 N–H and O–H groups in total. The largest absolute Gasteiger partial charge is 0.473 e. The van der Waals surface area contributed by atoms with E-state index >= 15 is 0 Å². The van der Waals surface area contributed by atoms with Gasteiger partial charge in [-0.25, -0.2) is 14.4 Å². The Hall–Kier alpha value is -3.17. The molecule has 3 aromatic rings. The van der Waals surface area contributed by atoms with E-state index in [2.05, 4.69) is 9.97 Å². The molecule has 0 aliphatic rings. The lowest BCUT2D eigenvalue weighted by Crippen LogP contribution is -2.08. The number of nitrogens with zero attached hydrogens (tertiary/aromatic N) is 2. The van der Waals surface area contributed by atoms with Gasteiger partial charge in [0, 0.05) is 11.6 Å². The minimum absolute atomic E-state index is 0.0231. The highest BCUT2D eigenvalue weighted by Crippen LogP contribution is 2.34. The molecule has 152 valence electrons. The first-order chi connectivity index (χ1) is 13.5. The predicted octanol–water partition coefficient (Wildman–Crippen LogP) is 5.90. The molecule has 0 amide bonds. The van der Waals surface area contributed by atoms with Crippen LogP contribution in [-0.4, -0.2) is 9.97 Å². The molecule has 1 heterocycles. The lowest BCUT2D eigenvalue weighted by Gasteiger charge is -2.11. The fourth-order valence-electron chi connectivity index (χ4n) is 2.47. The van der Waals surface area contributed by atoms with Crippen LogP contribution in [0.15, 0.2) is 54.9 Å². The fraction of sp³-hybridized carbons (Fsp3) is 0.158. The first kappa shape index (κ1) is 20.6. The van der Waals surface area contributed by atoms with Gasteiger partial charge in [-0.3, -0.25) is 0 Å². The first-order valence-corrected chi connectivity index (χ1v) is 8.02. The smallest absolute Gasteiger partial charge is 0.419 e. The molecule has 0 saturated heterocycles. The maximum atomic E-state index is 13.4. The maximum absolute atomic E-state index is 13.4. The van der Waals surface area contributed by atoms with Crippen molar-refractivity contribution in [2.24, 2.45) is 0 Å². The summed E-state index contributed by atoms with van der Waals surface area (Å²) in [6, 6.07) is 8.08. The topological polar surface area (TPSA) is 35.0 Å². The van der Waals surface area contributed by atoms with Gasteiger partial charge in [0.1, 0.15) is 18.8 Å². The summed E-state index contributed by atoms with van der Waals surface area (Å²) in [5.74, 6) is -1.48. The van der Waals surface area contributed by atoms with Crippen molar-refractivity contribution < 1.29 is 35.5 Å². The number of hydrogen-bond acceptors (Lipinski definition) is 3. The van der Waals surface area contributed by atoms with Gasteiger partial charge in [0.2, 0.25) is 5.88 Å². The number of halogens is 7. The molecular formula is C19H11F7N2O. The van der Waals surface area contributed by atoms with E-state index < -0.39 is 29.3 Å². The summed E-state index contributed by atoms with van der Waals surface area (Å²) in [5.41, 5.74) is -2.05. The third-order valence-electron chi connectivity index (χ3n) is 3.85. The number of rotatable bonds is 4. The van der Waals surface area contributed by atoms with Crippen LogP contribution in [0.1, 0.15) is 16.7 Å². The average molecular weight is 416 g/mol. The number of alkyl halides is 6. The van der Waals surface area contributed by atoms with Crippen LogP contribution in [0.4, 0.5) is 30.7 Å². The molecule has 1 aromatic heterocycles. The summed E-state index contributed by atoms with van der Waals surface area (Å²) in [5, 5.41) is 0. The zero-order valence-electron chi connectivity index (χ0n) is 14.4. The van der Waals surface area contributed by atoms with Crippen LogP contribution in [0.2, 0.25) is 0 Å². The number of benzene rings is 2. The van der Waals surface area contributed by atoms with Crippen LogP contribution < -0.4 is 4.74 Å². The summed E-state index contributed by atoms with van der Waals surface area (Å²) in [7, 11) is 0. The van der Waals surface area contributed by atoms with Gasteiger partial charge in [0.25, 0.3) is 0 Å². The SMILES string of the molecule is Fc1ccc(-c2cc(OCc3cccc(C(F)(F)F)c3)ncn2)cc1C(F)(F)F. The summed E-state index contributed by atoms with van der Waals surface area (Å²) in [6.07, 6.45) is -8.36. The molecule has 2 aromatic carbocycles. The molecule has 29 heavy (non-hydrogen) atoms. The van der Waals surface area contributed by atoms with Crippen molar-refractivity contribution in [3.8, 4) is 17.1 Å². The Bertz CT molecular complexity index is 1020. The van der Waals surface area contributed by atoms with Crippen LogP contribution in [0.3, 0.4) is 0 Å². The highest BCUT2D eigenvalue weighted by Gasteiger charge is 2.34. The molecule has 10 heteroatoms. The van der Waals surface area contributed by atoms with Crippen molar-refractivity contribution in [2.75, 3.05) is 0 Å². The highest BCUT2D eigenvalue weighted by atomic mass is 19.4. The van der Waals surface area contributed by atoms with Crippen LogP contribution in [0.25, 0.3) is 11.3 Å². The second-order valence-electron chi connectivity index (χ2n) is 5.92. The minimum Gasteiger partial charge on any atom is -0.473 e. The van der Waals surface area contributed by atoms with E-state index in [0.29, 0.717) is 12.1 Å². The van der Waals surface area contributed by atoms with E-state index in [1.807, 2.05) is 0 Å². The van der Waals surface area contributed by atoms with Crippen molar-refractivity contribution in [3.05, 3.63) is 77.4 Å². The van der Waals surface area contributed by atoms with Crippen molar-refractivity contribution >= 4 is 0 Å². The zero-order chi connectivity index (χ0) is 21.2. The molecule has 0 aliphatic carbocycles. The average Bonchev–Trinajstić information content (AvgIpc) is 2.66. The zero-order valence-corrected chi connectivity index (χ0v) is 14.4. The van der Waals surface area contributed by atoms with Crippen molar-refractivity contribution in [1.29, 1.82) is 0 Å². The van der Waals surface area contributed by atoms with Gasteiger partial charge in [0.15, 0.2) is 0 Å². The van der Waals surface area contributed by atoms with Crippen molar-refractivity contribution in [1.82, 2.24) is 9.97 Å². The Kier molecular flexibility index (Phi) is 5.45. The van der Waals surface area contributed by atoms with E-state index in [-0.39, 0.29) is 29.3 Å². The Labute approximate surface area is 159 Å². The third-order valence-corrected chi connectivity index (χ3v) is 3.85. The molecule has 0 bridgehead atoms. The Balaban J connectivity index is 1.81. The van der Waals surface area contributed by atoms with E-state index in [1.54, 1.807) is 0 Å². The summed E-state index contributed by atoms with van der Waals surface area (Å²) in [6.45, 7) is -0.252. The Morgan fingerprint density at radius 1 is 0.828 bits per heavy atom. The van der Waals surface area contributed by atoms with Gasteiger partial charge in [0.05, 0.1) is 16.8 Å². The molecule has 3 rings (SSSR count). The Morgan fingerprint density at radius 3 is 2.28 bits per heavy atom. The molecule has 0 spiro atoms. The summed E-state index contributed by atoms with van der Waals surface area (Å²) in [4.78, 5) is 7.62. The molecular weight excluding hydrogens is 405 g/mol. The molecule has 0 saturated carbocycles. The highest BCUT2D eigenvalue weighted by molar-refractivity contribution is 5.61. The van der Waals surface area contributed by atoms with Crippen LogP contribution in [-0.2, 0) is 19.0 Å². The van der Waals surface area contributed by atoms with Gasteiger partial charge >= 0.3 is 12.4 Å². The molecule has 0 radical (unpaired) electrons. The van der Waals surface area contributed by atoms with E-state index in [0.717, 1.165) is 24.5 Å². The van der Waals surface area contributed by atoms with Crippen LogP contribution >= 0.6 is 0 Å². The molecule has 0 fully saturated rings. The van der Waals surface area contributed by atoms with Crippen LogP contribution in [0, 0.1) is 5.82 Å². The normalized spacial score (nSPS) is 12.1. The fourth-order valence-corrected chi connectivity index (χ4v) is 2.47. The van der Waals surface area contributed by atoms with Gasteiger partial charge < -0.3 is 4.74 Å². The third kappa shape index (κ3) is 5.01. The van der Waals surface area contributed by atoms with E-state index in [9.17, 15) is 30.7 Å². The van der Waals surface area contributed by atoms with Crippen LogP contribution in [0.5, 0.6) is 5.88 Å². The van der Waals surface area contributed by atoms with E-state index in [1.165, 1.54) is 18.2 Å². The molecule has 0 atom stereocenters. The van der Waals surface area contributed by atoms with Gasteiger partial charge in [-0.2, -0.15) is 26.3 Å². The molecule has 0 aliphatic heterocycles. The number of ether oxygens (including phenoxy) is 1. The summed E-state index contributed by atoms with van der Waals surface area (Å²) < 4.78 is 95.6. The lowest BCUT2D eigenvalue weighted by molar-refractivity contribution is -0.140. The molecule has 0 unspecified atom stereocenters. The predicted molar refractivity (Wildman–Crippen MR) is 88.2 cm³/mol. The summed E-state index contributed by atoms with van der Waals surface area (Å²) >= 11 is 0. The quantitative estimate of drug-likeness (QED) is 0.497. The number of aromatic nitrogens is 2. The van der Waals surface area contributed by atoms with Gasteiger partial charge in [-0.1, -0.05) is 12.1 Å². The number of hydrogen-bond donors (Lipinski definition) is 0. The lowest BCUT2D eigenvalue weighted by atomic mass is 10.1. The monoisotopic (exact) mass is 416 g/mol. The van der Waals surface area contributed by atoms with Gasteiger partial charge in [-0.05, 0) is 35.9 Å². The van der Waals surface area contributed by atoms with Crippen molar-refractivity contribution in [3.63, 3.8) is 0 Å². The maximum Gasteiger partial charge on any atom is 0.419 e. The van der Waals surface area contributed by atoms with E-state index in [4.69, 9.17) is 4.74 Å². The standard InChI is InChI=1S/C19H11F7N2O/c20-15-5-4-12(7-14(15)19(24,25)26)16-8-17(28-10-27-16)29-9-11-2-1-3-13(6-11)18(21,22)23/h1-8,10H,9H2. The molecule has 3 nitrogen and oxygen atoms in total.